The molecule has 2 atom stereocenters. The number of aliphatic hydroxyl groups is 1. The third-order valence-electron chi connectivity index (χ3n) is 3.85. The van der Waals surface area contributed by atoms with Crippen molar-refractivity contribution in [2.24, 2.45) is 5.41 Å². The summed E-state index contributed by atoms with van der Waals surface area (Å²) in [6.07, 6.45) is 2.87. The fraction of sp³-hybridized carbons (Fsp3) is 0.692. The molecule has 2 N–H and O–H groups in total. The van der Waals surface area contributed by atoms with Gasteiger partial charge >= 0.3 is 5.97 Å². The number of carboxylic acid groups (broad SMARTS) is 1. The molecule has 0 unspecified atom stereocenters. The van der Waals surface area contributed by atoms with E-state index >= 15 is 0 Å². The lowest BCUT2D eigenvalue weighted by atomic mass is 9.74. The Labute approximate surface area is 116 Å². The highest BCUT2D eigenvalue weighted by Crippen LogP contribution is 2.36. The highest BCUT2D eigenvalue weighted by molar-refractivity contribution is 7.09. The molecule has 1 aliphatic heterocycles. The molecule has 0 spiro atoms. The van der Waals surface area contributed by atoms with Gasteiger partial charge in [0, 0.05) is 30.7 Å². The van der Waals surface area contributed by atoms with Gasteiger partial charge in [0.15, 0.2) is 0 Å². The molecule has 1 aliphatic rings. The number of carboxylic acids is 1. The minimum Gasteiger partial charge on any atom is -0.481 e. The lowest BCUT2D eigenvalue weighted by Crippen LogP contribution is -2.55. The Hall–Kier alpha value is -0.980. The molecule has 1 saturated heterocycles. The van der Waals surface area contributed by atoms with Crippen LogP contribution in [0.25, 0.3) is 0 Å². The summed E-state index contributed by atoms with van der Waals surface area (Å²) in [7, 11) is 0. The van der Waals surface area contributed by atoms with E-state index in [1.165, 1.54) is 0 Å². The van der Waals surface area contributed by atoms with Crippen molar-refractivity contribution >= 4 is 17.3 Å². The summed E-state index contributed by atoms with van der Waals surface area (Å²) in [5.41, 5.74) is 0.766. The molecule has 0 bridgehead atoms. The molecule has 1 aromatic rings. The molecule has 6 heteroatoms. The number of aromatic nitrogens is 1. The van der Waals surface area contributed by atoms with E-state index in [-0.39, 0.29) is 0 Å². The molecule has 0 aromatic carbocycles. The van der Waals surface area contributed by atoms with E-state index < -0.39 is 17.5 Å². The SMILES string of the molecule is CCC[C@@]1(C(=O)O)CN(Cc2cncs2)CC[C@@H]1O. The van der Waals surface area contributed by atoms with Gasteiger partial charge in [0.2, 0.25) is 0 Å². The number of thiazole rings is 1. The van der Waals surface area contributed by atoms with Crippen LogP contribution in [0.4, 0.5) is 0 Å². The number of carbonyl (C=O) groups is 1. The van der Waals surface area contributed by atoms with Gasteiger partial charge in [0.05, 0.1) is 11.6 Å². The van der Waals surface area contributed by atoms with E-state index in [9.17, 15) is 15.0 Å². The van der Waals surface area contributed by atoms with Crippen LogP contribution >= 0.6 is 11.3 Å². The Bertz CT molecular complexity index is 424. The Balaban J connectivity index is 2.11. The predicted octanol–water partition coefficient (Wildman–Crippen LogP) is 1.58. The van der Waals surface area contributed by atoms with Gasteiger partial charge in [-0.05, 0) is 12.8 Å². The van der Waals surface area contributed by atoms with Gasteiger partial charge < -0.3 is 10.2 Å². The quantitative estimate of drug-likeness (QED) is 0.859. The van der Waals surface area contributed by atoms with Gasteiger partial charge in [0.1, 0.15) is 5.41 Å². The van der Waals surface area contributed by atoms with Crippen molar-refractivity contribution in [3.8, 4) is 0 Å². The van der Waals surface area contributed by atoms with Gasteiger partial charge in [-0.15, -0.1) is 11.3 Å². The molecule has 106 valence electrons. The first-order valence-corrected chi connectivity index (χ1v) is 7.47. The molecule has 2 rings (SSSR count). The third-order valence-corrected chi connectivity index (χ3v) is 4.61. The predicted molar refractivity (Wildman–Crippen MR) is 73.0 cm³/mol. The number of aliphatic hydroxyl groups excluding tert-OH is 1. The number of aliphatic carboxylic acids is 1. The second-order valence-corrected chi connectivity index (χ2v) is 6.17. The van der Waals surface area contributed by atoms with Gasteiger partial charge in [-0.1, -0.05) is 13.3 Å². The minimum atomic E-state index is -1.02. The number of piperidine rings is 1. The minimum absolute atomic E-state index is 0.412. The van der Waals surface area contributed by atoms with Crippen LogP contribution in [0.3, 0.4) is 0 Å². The number of hydrogen-bond acceptors (Lipinski definition) is 5. The zero-order valence-electron chi connectivity index (χ0n) is 11.1. The highest BCUT2D eigenvalue weighted by Gasteiger charge is 2.48. The fourth-order valence-corrected chi connectivity index (χ4v) is 3.48. The zero-order valence-corrected chi connectivity index (χ0v) is 11.9. The summed E-state index contributed by atoms with van der Waals surface area (Å²) in [5, 5.41) is 19.7. The first-order chi connectivity index (χ1) is 9.08. The van der Waals surface area contributed by atoms with E-state index in [2.05, 4.69) is 9.88 Å². The summed E-state index contributed by atoms with van der Waals surface area (Å²) < 4.78 is 0. The Morgan fingerprint density at radius 3 is 3.05 bits per heavy atom. The van der Waals surface area contributed by atoms with Crippen molar-refractivity contribution in [2.45, 2.75) is 38.8 Å². The van der Waals surface area contributed by atoms with Crippen LogP contribution in [0.2, 0.25) is 0 Å². The number of nitrogens with zero attached hydrogens (tertiary/aromatic N) is 2. The van der Waals surface area contributed by atoms with E-state index in [0.29, 0.717) is 19.4 Å². The average molecular weight is 284 g/mol. The molecule has 0 saturated carbocycles. The Kier molecular flexibility index (Phi) is 4.54. The van der Waals surface area contributed by atoms with Crippen LogP contribution in [-0.4, -0.2) is 45.3 Å². The molecule has 19 heavy (non-hydrogen) atoms. The average Bonchev–Trinajstić information content (AvgIpc) is 2.86. The van der Waals surface area contributed by atoms with Crippen LogP contribution in [0, 0.1) is 5.41 Å². The number of rotatable bonds is 5. The van der Waals surface area contributed by atoms with Crippen molar-refractivity contribution in [2.75, 3.05) is 13.1 Å². The van der Waals surface area contributed by atoms with Gasteiger partial charge in [-0.3, -0.25) is 14.7 Å². The van der Waals surface area contributed by atoms with Crippen LogP contribution in [0.5, 0.6) is 0 Å². The van der Waals surface area contributed by atoms with Crippen molar-refractivity contribution < 1.29 is 15.0 Å². The van der Waals surface area contributed by atoms with Gasteiger partial charge in [-0.25, -0.2) is 0 Å². The number of likely N-dealkylation sites (tertiary alicyclic amines) is 1. The van der Waals surface area contributed by atoms with Crippen molar-refractivity contribution in [3.63, 3.8) is 0 Å². The summed E-state index contributed by atoms with van der Waals surface area (Å²) in [6, 6.07) is 0. The molecule has 1 aromatic heterocycles. The summed E-state index contributed by atoms with van der Waals surface area (Å²) in [4.78, 5) is 18.9. The molecule has 0 amide bonds. The topological polar surface area (TPSA) is 73.7 Å². The highest BCUT2D eigenvalue weighted by atomic mass is 32.1. The van der Waals surface area contributed by atoms with Crippen LogP contribution in [0.15, 0.2) is 11.7 Å². The van der Waals surface area contributed by atoms with Gasteiger partial charge in [0.25, 0.3) is 0 Å². The first-order valence-electron chi connectivity index (χ1n) is 6.59. The first kappa shape index (κ1) is 14.4. The van der Waals surface area contributed by atoms with Crippen LogP contribution < -0.4 is 0 Å². The van der Waals surface area contributed by atoms with Crippen LogP contribution in [0.1, 0.15) is 31.1 Å². The monoisotopic (exact) mass is 284 g/mol. The van der Waals surface area contributed by atoms with Crippen molar-refractivity contribution in [1.29, 1.82) is 0 Å². The van der Waals surface area contributed by atoms with Crippen molar-refractivity contribution in [3.05, 3.63) is 16.6 Å². The maximum absolute atomic E-state index is 11.6. The standard InChI is InChI=1S/C13H20N2O3S/c1-2-4-13(12(17)18)8-15(5-3-11(13)16)7-10-6-14-9-19-10/h6,9,11,16H,2-5,7-8H2,1H3,(H,17,18)/t11-,13+/m0/s1. The maximum atomic E-state index is 11.6. The maximum Gasteiger partial charge on any atom is 0.313 e. The normalized spacial score (nSPS) is 28.4. The lowest BCUT2D eigenvalue weighted by Gasteiger charge is -2.43. The molecule has 0 aliphatic carbocycles. The van der Waals surface area contributed by atoms with E-state index in [1.54, 1.807) is 16.8 Å². The molecule has 2 heterocycles. The van der Waals surface area contributed by atoms with E-state index in [4.69, 9.17) is 0 Å². The lowest BCUT2D eigenvalue weighted by molar-refractivity contribution is -0.164. The van der Waals surface area contributed by atoms with Crippen molar-refractivity contribution in [1.82, 2.24) is 9.88 Å². The molecule has 1 fully saturated rings. The summed E-state index contributed by atoms with van der Waals surface area (Å²) >= 11 is 1.58. The number of hydrogen-bond donors (Lipinski definition) is 2. The Morgan fingerprint density at radius 1 is 1.68 bits per heavy atom. The molecule has 5 nitrogen and oxygen atoms in total. The summed E-state index contributed by atoms with van der Waals surface area (Å²) in [5.74, 6) is -0.879. The third kappa shape index (κ3) is 2.96. The van der Waals surface area contributed by atoms with E-state index in [1.807, 2.05) is 13.1 Å². The molecular formula is C13H20N2O3S. The van der Waals surface area contributed by atoms with Gasteiger partial charge in [-0.2, -0.15) is 0 Å². The second-order valence-electron chi connectivity index (χ2n) is 5.19. The second kappa shape index (κ2) is 5.98. The smallest absolute Gasteiger partial charge is 0.313 e. The summed E-state index contributed by atoms with van der Waals surface area (Å²) in [6.45, 7) is 3.82. The Morgan fingerprint density at radius 2 is 2.47 bits per heavy atom. The van der Waals surface area contributed by atoms with Crippen LogP contribution in [-0.2, 0) is 11.3 Å². The largest absolute Gasteiger partial charge is 0.481 e. The fourth-order valence-electron chi connectivity index (χ4n) is 2.85. The van der Waals surface area contributed by atoms with E-state index in [0.717, 1.165) is 24.4 Å². The molecular weight excluding hydrogens is 264 g/mol. The zero-order chi connectivity index (χ0) is 13.9. The molecule has 0 radical (unpaired) electrons.